The van der Waals surface area contributed by atoms with Gasteiger partial charge in [0.2, 0.25) is 6.10 Å². The van der Waals surface area contributed by atoms with E-state index in [9.17, 15) is 4.79 Å². The van der Waals surface area contributed by atoms with Gasteiger partial charge in [0.15, 0.2) is 0 Å². The summed E-state index contributed by atoms with van der Waals surface area (Å²) in [5.41, 5.74) is 3.02. The summed E-state index contributed by atoms with van der Waals surface area (Å²) in [6.07, 6.45) is 0.768. The monoisotopic (exact) mass is 314 g/mol. The molecule has 0 saturated carbocycles. The molecule has 0 spiro atoms. The van der Waals surface area contributed by atoms with Crippen molar-refractivity contribution in [3.8, 4) is 0 Å². The van der Waals surface area contributed by atoms with Crippen LogP contribution < -0.4 is 5.32 Å². The highest BCUT2D eigenvalue weighted by Crippen LogP contribution is 2.16. The summed E-state index contributed by atoms with van der Waals surface area (Å²) in [5.74, 6) is 1.16. The number of imidazole rings is 1. The second-order valence-corrected chi connectivity index (χ2v) is 6.15. The molecule has 0 saturated heterocycles. The Bertz CT molecular complexity index is 748. The Morgan fingerprint density at radius 3 is 2.91 bits per heavy atom. The van der Waals surface area contributed by atoms with Crippen LogP contribution in [0.4, 0.5) is 0 Å². The van der Waals surface area contributed by atoms with E-state index < -0.39 is 6.10 Å². The molecule has 1 unspecified atom stereocenters. The van der Waals surface area contributed by atoms with Crippen molar-refractivity contribution in [1.82, 2.24) is 14.9 Å². The summed E-state index contributed by atoms with van der Waals surface area (Å²) in [6.45, 7) is 4.63. The minimum absolute atomic E-state index is 0.108. The van der Waals surface area contributed by atoms with Crippen molar-refractivity contribution in [1.29, 1.82) is 0 Å². The van der Waals surface area contributed by atoms with E-state index in [2.05, 4.69) is 20.0 Å². The highest BCUT2D eigenvalue weighted by molar-refractivity contribution is 5.93. The van der Waals surface area contributed by atoms with Crippen LogP contribution in [-0.2, 0) is 23.1 Å². The number of carbonyl (C=O) groups is 1. The molecular formula is C17H22N4O2. The normalized spacial score (nSPS) is 17.4. The van der Waals surface area contributed by atoms with Gasteiger partial charge in [0.25, 0.3) is 5.91 Å². The summed E-state index contributed by atoms with van der Waals surface area (Å²) in [5, 5.41) is 6.90. The lowest BCUT2D eigenvalue weighted by atomic mass is 10.0. The van der Waals surface area contributed by atoms with Crippen molar-refractivity contribution in [2.24, 2.45) is 18.1 Å². The second-order valence-electron chi connectivity index (χ2n) is 6.15. The van der Waals surface area contributed by atoms with Crippen LogP contribution in [0, 0.1) is 5.92 Å². The van der Waals surface area contributed by atoms with Gasteiger partial charge in [0, 0.05) is 26.4 Å². The molecule has 1 aromatic carbocycles. The average molecular weight is 314 g/mol. The lowest BCUT2D eigenvalue weighted by Gasteiger charge is -2.09. The van der Waals surface area contributed by atoms with Gasteiger partial charge < -0.3 is 14.7 Å². The third-order valence-corrected chi connectivity index (χ3v) is 4.18. The van der Waals surface area contributed by atoms with Crippen LogP contribution in [0.15, 0.2) is 29.4 Å². The van der Waals surface area contributed by atoms with E-state index in [1.807, 2.05) is 45.2 Å². The van der Waals surface area contributed by atoms with E-state index in [-0.39, 0.29) is 5.91 Å². The maximum absolute atomic E-state index is 12.1. The summed E-state index contributed by atoms with van der Waals surface area (Å²) >= 11 is 0. The summed E-state index contributed by atoms with van der Waals surface area (Å²) < 4.78 is 2.06. The van der Waals surface area contributed by atoms with Crippen LogP contribution in [0.2, 0.25) is 0 Å². The number of rotatable bonds is 5. The van der Waals surface area contributed by atoms with Crippen LogP contribution in [-0.4, -0.2) is 33.8 Å². The Labute approximate surface area is 135 Å². The number of aromatic nitrogens is 2. The number of para-hydroxylation sites is 2. The summed E-state index contributed by atoms with van der Waals surface area (Å²) in [7, 11) is 2.00. The van der Waals surface area contributed by atoms with E-state index in [0.717, 1.165) is 22.6 Å². The predicted molar refractivity (Wildman–Crippen MR) is 89.2 cm³/mol. The lowest BCUT2D eigenvalue weighted by Crippen LogP contribution is -2.36. The highest BCUT2D eigenvalue weighted by Gasteiger charge is 2.29. The van der Waals surface area contributed by atoms with Gasteiger partial charge in [0.1, 0.15) is 5.82 Å². The molecule has 3 rings (SSSR count). The number of hydrogen-bond donors (Lipinski definition) is 1. The molecule has 6 heteroatoms. The molecule has 1 N–H and O–H groups in total. The highest BCUT2D eigenvalue weighted by atomic mass is 16.6. The lowest BCUT2D eigenvalue weighted by molar-refractivity contribution is -0.131. The van der Waals surface area contributed by atoms with Crippen molar-refractivity contribution < 1.29 is 9.63 Å². The van der Waals surface area contributed by atoms with Crippen molar-refractivity contribution in [2.45, 2.75) is 32.8 Å². The van der Waals surface area contributed by atoms with E-state index in [0.29, 0.717) is 25.3 Å². The second kappa shape index (κ2) is 6.40. The minimum atomic E-state index is -0.493. The Balaban J connectivity index is 1.53. The van der Waals surface area contributed by atoms with Crippen LogP contribution in [0.25, 0.3) is 11.0 Å². The first-order valence-corrected chi connectivity index (χ1v) is 7.97. The Morgan fingerprint density at radius 2 is 2.22 bits per heavy atom. The summed E-state index contributed by atoms with van der Waals surface area (Å²) in [4.78, 5) is 21.9. The van der Waals surface area contributed by atoms with Gasteiger partial charge in [-0.05, 0) is 18.1 Å². The van der Waals surface area contributed by atoms with Gasteiger partial charge in [-0.15, -0.1) is 0 Å². The van der Waals surface area contributed by atoms with Gasteiger partial charge in [-0.2, -0.15) is 0 Å². The number of hydrogen-bond acceptors (Lipinski definition) is 4. The fourth-order valence-corrected chi connectivity index (χ4v) is 2.71. The Morgan fingerprint density at radius 1 is 1.43 bits per heavy atom. The molecule has 6 nitrogen and oxygen atoms in total. The maximum Gasteiger partial charge on any atom is 0.264 e. The number of fused-ring (bicyclic) bond motifs is 1. The zero-order chi connectivity index (χ0) is 16.4. The van der Waals surface area contributed by atoms with E-state index in [4.69, 9.17) is 4.84 Å². The maximum atomic E-state index is 12.1. The van der Waals surface area contributed by atoms with Gasteiger partial charge >= 0.3 is 0 Å². The number of amides is 1. The number of nitrogens with one attached hydrogen (secondary N) is 1. The quantitative estimate of drug-likeness (QED) is 0.918. The third kappa shape index (κ3) is 3.21. The van der Waals surface area contributed by atoms with Crippen molar-refractivity contribution in [3.63, 3.8) is 0 Å². The largest absolute Gasteiger partial charge is 0.382 e. The zero-order valence-corrected chi connectivity index (χ0v) is 13.7. The van der Waals surface area contributed by atoms with Crippen LogP contribution in [0.1, 0.15) is 26.1 Å². The number of benzene rings is 1. The summed E-state index contributed by atoms with van der Waals surface area (Å²) in [6, 6.07) is 8.01. The van der Waals surface area contributed by atoms with Gasteiger partial charge in [-0.25, -0.2) is 4.98 Å². The molecule has 2 heterocycles. The average Bonchev–Trinajstić information content (AvgIpc) is 3.14. The molecule has 1 aliphatic heterocycles. The smallest absolute Gasteiger partial charge is 0.264 e. The fourth-order valence-electron chi connectivity index (χ4n) is 2.71. The van der Waals surface area contributed by atoms with E-state index >= 15 is 0 Å². The molecular weight excluding hydrogens is 292 g/mol. The van der Waals surface area contributed by atoms with Crippen LogP contribution in [0.5, 0.6) is 0 Å². The minimum Gasteiger partial charge on any atom is -0.382 e. The van der Waals surface area contributed by atoms with Crippen LogP contribution in [0.3, 0.4) is 0 Å². The van der Waals surface area contributed by atoms with Gasteiger partial charge in [-0.3, -0.25) is 4.79 Å². The molecule has 0 fully saturated rings. The Kier molecular flexibility index (Phi) is 4.32. The number of nitrogens with zero attached hydrogens (tertiary/aromatic N) is 3. The molecule has 0 aliphatic carbocycles. The first-order chi connectivity index (χ1) is 11.1. The van der Waals surface area contributed by atoms with E-state index in [1.54, 1.807) is 0 Å². The molecule has 23 heavy (non-hydrogen) atoms. The first-order valence-electron chi connectivity index (χ1n) is 7.97. The Hall–Kier alpha value is -2.37. The van der Waals surface area contributed by atoms with E-state index in [1.165, 1.54) is 0 Å². The molecule has 0 radical (unpaired) electrons. The molecule has 122 valence electrons. The number of aryl methyl sites for hydroxylation is 1. The number of oxime groups is 1. The van der Waals surface area contributed by atoms with Crippen molar-refractivity contribution in [2.75, 3.05) is 6.54 Å². The van der Waals surface area contributed by atoms with Crippen molar-refractivity contribution >= 4 is 22.7 Å². The first kappa shape index (κ1) is 15.5. The van der Waals surface area contributed by atoms with Gasteiger partial charge in [-0.1, -0.05) is 31.1 Å². The third-order valence-electron chi connectivity index (χ3n) is 4.18. The molecule has 1 aromatic heterocycles. The standard InChI is InChI=1S/C17H22N4O2/c1-11(2)13-10-15(23-20-13)17(22)18-9-8-16-19-12-6-4-5-7-14(12)21(16)3/h4-7,11,15H,8-10H2,1-3H3,(H,18,22). The molecule has 2 aromatic rings. The molecule has 1 amide bonds. The van der Waals surface area contributed by atoms with Gasteiger partial charge in [0.05, 0.1) is 16.7 Å². The predicted octanol–water partition coefficient (Wildman–Crippen LogP) is 2.03. The SMILES string of the molecule is CC(C)C1=NOC(C(=O)NCCc2nc3ccccc3n2C)C1. The van der Waals surface area contributed by atoms with Crippen molar-refractivity contribution in [3.05, 3.63) is 30.1 Å². The number of carbonyl (C=O) groups excluding carboxylic acids is 1. The molecule has 1 atom stereocenters. The topological polar surface area (TPSA) is 68.5 Å². The molecule has 1 aliphatic rings. The molecule has 0 bridgehead atoms. The fraction of sp³-hybridized carbons (Fsp3) is 0.471. The van der Waals surface area contributed by atoms with Crippen LogP contribution >= 0.6 is 0 Å². The zero-order valence-electron chi connectivity index (χ0n) is 13.7.